The van der Waals surface area contributed by atoms with E-state index in [1.165, 1.54) is 29.3 Å². The van der Waals surface area contributed by atoms with E-state index in [1.807, 2.05) is 0 Å². The van der Waals surface area contributed by atoms with Crippen LogP contribution in [0.15, 0.2) is 75.8 Å². The first-order valence-corrected chi connectivity index (χ1v) is 9.28. The normalized spacial score (nSPS) is 14.7. The van der Waals surface area contributed by atoms with Crippen molar-refractivity contribution in [1.29, 1.82) is 0 Å². The molecule has 0 spiro atoms. The molecule has 2 amide bonds. The van der Waals surface area contributed by atoms with Gasteiger partial charge in [-0.1, -0.05) is 12.1 Å². The first kappa shape index (κ1) is 19.8. The van der Waals surface area contributed by atoms with Crippen molar-refractivity contribution in [2.45, 2.75) is 6.92 Å². The van der Waals surface area contributed by atoms with Gasteiger partial charge in [0.25, 0.3) is 5.91 Å². The maximum absolute atomic E-state index is 12.9. The molecule has 0 unspecified atom stereocenters. The van der Waals surface area contributed by atoms with Gasteiger partial charge in [0.1, 0.15) is 11.5 Å². The molecule has 0 atom stereocenters. The highest BCUT2D eigenvalue weighted by molar-refractivity contribution is 6.32. The maximum Gasteiger partial charge on any atom is 0.335 e. The van der Waals surface area contributed by atoms with Crippen LogP contribution in [0.5, 0.6) is 0 Å². The van der Waals surface area contributed by atoms with E-state index in [-0.39, 0.29) is 11.5 Å². The minimum Gasteiger partial charge on any atom is -0.478 e. The number of anilines is 1. The number of benzene rings is 2. The zero-order chi connectivity index (χ0) is 22.1. The molecule has 154 valence electrons. The molecule has 2 aromatic carbocycles. The number of aromatic carboxylic acids is 1. The molecule has 4 rings (SSSR count). The van der Waals surface area contributed by atoms with E-state index in [9.17, 15) is 14.4 Å². The smallest absolute Gasteiger partial charge is 0.335 e. The molecule has 3 N–H and O–H groups in total. The molecule has 31 heavy (non-hydrogen) atoms. The standard InChI is InChI=1S/C23H17N3O5/c1-13-19(22(28)26(25-13)17-8-6-16(7-9-17)23(29)30)12-18-10-11-20(31-18)14-2-4-15(5-3-14)21(24)27/h2-12H,1H3,(H2,24,27)(H,29,30)/b19-12-. The van der Waals surface area contributed by atoms with Crippen LogP contribution in [0, 0.1) is 0 Å². The van der Waals surface area contributed by atoms with Crippen molar-refractivity contribution in [2.24, 2.45) is 10.8 Å². The van der Waals surface area contributed by atoms with Gasteiger partial charge in [0.2, 0.25) is 5.91 Å². The van der Waals surface area contributed by atoms with Gasteiger partial charge in [-0.25, -0.2) is 4.79 Å². The molecule has 0 aliphatic carbocycles. The van der Waals surface area contributed by atoms with Crippen LogP contribution in [-0.2, 0) is 4.79 Å². The molecule has 0 fully saturated rings. The fraction of sp³-hybridized carbons (Fsp3) is 0.0435. The summed E-state index contributed by atoms with van der Waals surface area (Å²) in [5.41, 5.74) is 7.88. The van der Waals surface area contributed by atoms with Crippen molar-refractivity contribution >= 4 is 35.3 Å². The molecule has 0 bridgehead atoms. The molecule has 2 heterocycles. The molecule has 8 heteroatoms. The Labute approximate surface area is 176 Å². The second-order valence-electron chi connectivity index (χ2n) is 6.86. The Morgan fingerprint density at radius 2 is 1.65 bits per heavy atom. The molecule has 1 aliphatic heterocycles. The minimum atomic E-state index is -1.04. The number of amides is 2. The largest absolute Gasteiger partial charge is 0.478 e. The van der Waals surface area contributed by atoms with Crippen molar-refractivity contribution < 1.29 is 23.9 Å². The van der Waals surface area contributed by atoms with Crippen LogP contribution in [0.25, 0.3) is 17.4 Å². The summed E-state index contributed by atoms with van der Waals surface area (Å²) in [6.45, 7) is 1.71. The molecular formula is C23H17N3O5. The predicted molar refractivity (Wildman–Crippen MR) is 115 cm³/mol. The number of primary amides is 1. The van der Waals surface area contributed by atoms with Crippen LogP contribution in [0.1, 0.15) is 33.4 Å². The van der Waals surface area contributed by atoms with Gasteiger partial charge in [0.05, 0.1) is 22.5 Å². The van der Waals surface area contributed by atoms with Crippen LogP contribution >= 0.6 is 0 Å². The highest BCUT2D eigenvalue weighted by Gasteiger charge is 2.29. The first-order chi connectivity index (χ1) is 14.8. The van der Waals surface area contributed by atoms with Crippen LogP contribution < -0.4 is 10.7 Å². The van der Waals surface area contributed by atoms with E-state index in [1.54, 1.807) is 49.4 Å². The third-order valence-corrected chi connectivity index (χ3v) is 4.79. The number of hydrogen-bond acceptors (Lipinski definition) is 5. The first-order valence-electron chi connectivity index (χ1n) is 9.28. The lowest BCUT2D eigenvalue weighted by atomic mass is 10.1. The lowest BCUT2D eigenvalue weighted by Gasteiger charge is -2.11. The fourth-order valence-corrected chi connectivity index (χ4v) is 3.13. The van der Waals surface area contributed by atoms with Gasteiger partial charge in [-0.3, -0.25) is 9.59 Å². The SMILES string of the molecule is CC1=NN(c2ccc(C(=O)O)cc2)C(=O)/C1=C\c1ccc(-c2ccc(C(N)=O)cc2)o1. The minimum absolute atomic E-state index is 0.124. The number of nitrogens with two attached hydrogens (primary N) is 1. The summed E-state index contributed by atoms with van der Waals surface area (Å²) in [7, 11) is 0. The lowest BCUT2D eigenvalue weighted by Crippen LogP contribution is -2.21. The zero-order valence-electron chi connectivity index (χ0n) is 16.4. The number of rotatable bonds is 5. The van der Waals surface area contributed by atoms with Gasteiger partial charge in [0, 0.05) is 11.1 Å². The Kier molecular flexibility index (Phi) is 4.96. The molecule has 1 aliphatic rings. The van der Waals surface area contributed by atoms with E-state index >= 15 is 0 Å². The second-order valence-corrected chi connectivity index (χ2v) is 6.86. The average molecular weight is 415 g/mol. The van der Waals surface area contributed by atoms with Crippen LogP contribution in [0.2, 0.25) is 0 Å². The summed E-state index contributed by atoms with van der Waals surface area (Å²) < 4.78 is 5.83. The maximum atomic E-state index is 12.9. The van der Waals surface area contributed by atoms with Crippen LogP contribution in [-0.4, -0.2) is 28.6 Å². The number of carbonyl (C=O) groups is 3. The summed E-state index contributed by atoms with van der Waals surface area (Å²) in [6.07, 6.45) is 1.61. The van der Waals surface area contributed by atoms with Crippen molar-refractivity contribution in [3.8, 4) is 11.3 Å². The van der Waals surface area contributed by atoms with E-state index in [2.05, 4.69) is 5.10 Å². The van der Waals surface area contributed by atoms with Gasteiger partial charge in [0.15, 0.2) is 0 Å². The molecule has 8 nitrogen and oxygen atoms in total. The molecule has 3 aromatic rings. The predicted octanol–water partition coefficient (Wildman–Crippen LogP) is 3.55. The molecular weight excluding hydrogens is 398 g/mol. The number of hydrazone groups is 1. The fourth-order valence-electron chi connectivity index (χ4n) is 3.13. The van der Waals surface area contributed by atoms with E-state index < -0.39 is 11.9 Å². The lowest BCUT2D eigenvalue weighted by molar-refractivity contribution is -0.114. The van der Waals surface area contributed by atoms with Crippen molar-refractivity contribution in [3.05, 3.63) is 83.1 Å². The summed E-state index contributed by atoms with van der Waals surface area (Å²) in [5.74, 6) is -0.853. The van der Waals surface area contributed by atoms with Crippen LogP contribution in [0.4, 0.5) is 5.69 Å². The number of carbonyl (C=O) groups excluding carboxylic acids is 2. The third kappa shape index (κ3) is 3.86. The monoisotopic (exact) mass is 415 g/mol. The van der Waals surface area contributed by atoms with E-state index in [0.29, 0.717) is 34.1 Å². The summed E-state index contributed by atoms with van der Waals surface area (Å²) >= 11 is 0. The molecule has 0 saturated carbocycles. The van der Waals surface area contributed by atoms with Crippen molar-refractivity contribution in [1.82, 2.24) is 0 Å². The zero-order valence-corrected chi connectivity index (χ0v) is 16.4. The van der Waals surface area contributed by atoms with Gasteiger partial charge < -0.3 is 15.3 Å². The highest BCUT2D eigenvalue weighted by atomic mass is 16.4. The van der Waals surface area contributed by atoms with Crippen LogP contribution in [0.3, 0.4) is 0 Å². The Balaban J connectivity index is 1.57. The third-order valence-electron chi connectivity index (χ3n) is 4.79. The molecule has 0 radical (unpaired) electrons. The Morgan fingerprint density at radius 1 is 1.00 bits per heavy atom. The second kappa shape index (κ2) is 7.75. The summed E-state index contributed by atoms with van der Waals surface area (Å²) in [4.78, 5) is 35.1. The Morgan fingerprint density at radius 3 is 2.26 bits per heavy atom. The van der Waals surface area contributed by atoms with E-state index in [4.69, 9.17) is 15.3 Å². The van der Waals surface area contributed by atoms with Crippen molar-refractivity contribution in [3.63, 3.8) is 0 Å². The van der Waals surface area contributed by atoms with E-state index in [0.717, 1.165) is 5.56 Å². The van der Waals surface area contributed by atoms with Gasteiger partial charge >= 0.3 is 5.97 Å². The number of hydrogen-bond donors (Lipinski definition) is 2. The summed E-state index contributed by atoms with van der Waals surface area (Å²) in [6, 6.07) is 16.1. The number of carboxylic acids is 1. The van der Waals surface area contributed by atoms with Gasteiger partial charge in [-0.15, -0.1) is 0 Å². The average Bonchev–Trinajstić information content (AvgIpc) is 3.34. The highest BCUT2D eigenvalue weighted by Crippen LogP contribution is 2.28. The quantitative estimate of drug-likeness (QED) is 0.616. The molecule has 1 aromatic heterocycles. The molecule has 0 saturated heterocycles. The summed E-state index contributed by atoms with van der Waals surface area (Å²) in [5, 5.41) is 14.5. The van der Waals surface area contributed by atoms with Gasteiger partial charge in [-0.2, -0.15) is 10.1 Å². The van der Waals surface area contributed by atoms with Crippen molar-refractivity contribution in [2.75, 3.05) is 5.01 Å². The number of carboxylic acid groups (broad SMARTS) is 1. The van der Waals surface area contributed by atoms with Gasteiger partial charge in [-0.05, 0) is 61.5 Å². The number of furan rings is 1. The topological polar surface area (TPSA) is 126 Å². The Hall–Kier alpha value is -4.46. The number of nitrogens with zero attached hydrogens (tertiary/aromatic N) is 2. The Bertz CT molecular complexity index is 1250.